The minimum atomic E-state index is -0.340. The van der Waals surface area contributed by atoms with Gasteiger partial charge in [-0.15, -0.1) is 10.2 Å². The van der Waals surface area contributed by atoms with E-state index in [-0.39, 0.29) is 5.60 Å². The highest BCUT2D eigenvalue weighted by molar-refractivity contribution is 6.29. The quantitative estimate of drug-likeness (QED) is 0.859. The molecule has 0 radical (unpaired) electrons. The molecule has 1 atom stereocenters. The molecular formula is C14H21ClN6O. The van der Waals surface area contributed by atoms with Gasteiger partial charge < -0.3 is 14.2 Å². The maximum absolute atomic E-state index is 6.03. The topological polar surface area (TPSA) is 61.0 Å². The van der Waals surface area contributed by atoms with E-state index in [4.69, 9.17) is 16.3 Å². The Morgan fingerprint density at radius 2 is 2.14 bits per heavy atom. The molecule has 7 nitrogen and oxygen atoms in total. The van der Waals surface area contributed by atoms with Crippen LogP contribution in [-0.4, -0.2) is 38.0 Å². The van der Waals surface area contributed by atoms with Gasteiger partial charge >= 0.3 is 0 Å². The normalized spacial score (nSPS) is 21.5. The summed E-state index contributed by atoms with van der Waals surface area (Å²) in [5.41, 5.74) is -0.340. The maximum Gasteiger partial charge on any atom is 0.227 e. The van der Waals surface area contributed by atoms with E-state index in [1.165, 1.54) is 0 Å². The van der Waals surface area contributed by atoms with Crippen LogP contribution >= 0.6 is 11.6 Å². The zero-order chi connectivity index (χ0) is 15.9. The first kappa shape index (κ1) is 15.3. The van der Waals surface area contributed by atoms with E-state index in [2.05, 4.69) is 22.1 Å². The van der Waals surface area contributed by atoms with Gasteiger partial charge in [-0.3, -0.25) is 4.57 Å². The Hall–Kier alpha value is -1.60. The number of hydrogen-bond acceptors (Lipinski definition) is 5. The molecule has 0 saturated carbocycles. The highest BCUT2D eigenvalue weighted by Gasteiger charge is 2.37. The van der Waals surface area contributed by atoms with Gasteiger partial charge in [0.2, 0.25) is 5.95 Å². The standard InChI is InChI=1S/C14H21ClN6O/c1-14(6-5-7-22-14)12-17-18-13(21(12)4)19(2)9-11-16-8-10(15)20(11)3/h8H,5-7,9H2,1-4H3. The van der Waals surface area contributed by atoms with E-state index < -0.39 is 0 Å². The summed E-state index contributed by atoms with van der Waals surface area (Å²) in [7, 11) is 5.84. The summed E-state index contributed by atoms with van der Waals surface area (Å²) < 4.78 is 9.72. The van der Waals surface area contributed by atoms with Crippen LogP contribution < -0.4 is 4.90 Å². The summed E-state index contributed by atoms with van der Waals surface area (Å²) in [4.78, 5) is 6.32. The van der Waals surface area contributed by atoms with Crippen molar-refractivity contribution in [1.82, 2.24) is 24.3 Å². The van der Waals surface area contributed by atoms with Gasteiger partial charge in [0, 0.05) is 27.7 Å². The van der Waals surface area contributed by atoms with Crippen molar-refractivity contribution in [3.05, 3.63) is 23.0 Å². The van der Waals surface area contributed by atoms with E-state index in [1.54, 1.807) is 6.20 Å². The molecule has 1 fully saturated rings. The van der Waals surface area contributed by atoms with Crippen LogP contribution in [0.3, 0.4) is 0 Å². The number of nitrogens with zero attached hydrogens (tertiary/aromatic N) is 6. The summed E-state index contributed by atoms with van der Waals surface area (Å²) in [6.07, 6.45) is 3.68. The first-order valence-corrected chi connectivity index (χ1v) is 7.71. The number of rotatable bonds is 4. The third kappa shape index (κ3) is 2.48. The molecule has 1 saturated heterocycles. The van der Waals surface area contributed by atoms with Crippen LogP contribution in [-0.2, 0) is 31.0 Å². The Balaban J connectivity index is 1.83. The molecule has 2 aromatic rings. The number of aromatic nitrogens is 5. The predicted molar refractivity (Wildman–Crippen MR) is 83.9 cm³/mol. The first-order chi connectivity index (χ1) is 10.4. The fourth-order valence-corrected chi connectivity index (χ4v) is 3.07. The molecule has 1 aliphatic heterocycles. The summed E-state index contributed by atoms with van der Waals surface area (Å²) in [5.74, 6) is 2.52. The third-order valence-corrected chi connectivity index (χ3v) is 4.64. The van der Waals surface area contributed by atoms with Crippen LogP contribution in [0.15, 0.2) is 6.20 Å². The molecule has 8 heteroatoms. The van der Waals surface area contributed by atoms with E-state index in [9.17, 15) is 0 Å². The average Bonchev–Trinajstić information content (AvgIpc) is 3.15. The van der Waals surface area contributed by atoms with Crippen molar-refractivity contribution in [1.29, 1.82) is 0 Å². The van der Waals surface area contributed by atoms with Gasteiger partial charge in [0.05, 0.1) is 12.7 Å². The highest BCUT2D eigenvalue weighted by atomic mass is 35.5. The monoisotopic (exact) mass is 324 g/mol. The van der Waals surface area contributed by atoms with E-state index >= 15 is 0 Å². The second-order valence-electron chi connectivity index (χ2n) is 5.98. The SMILES string of the molecule is CN(Cc1ncc(Cl)n1C)c1nnc(C2(C)CCCO2)n1C. The predicted octanol–water partition coefficient (Wildman–Crippen LogP) is 1.86. The summed E-state index contributed by atoms with van der Waals surface area (Å²) in [6.45, 7) is 3.46. The van der Waals surface area contributed by atoms with Crippen molar-refractivity contribution in [2.45, 2.75) is 31.9 Å². The summed E-state index contributed by atoms with van der Waals surface area (Å²) in [6, 6.07) is 0. The molecule has 0 aromatic carbocycles. The molecule has 120 valence electrons. The van der Waals surface area contributed by atoms with Crippen molar-refractivity contribution >= 4 is 17.5 Å². The first-order valence-electron chi connectivity index (χ1n) is 7.33. The number of hydrogen-bond donors (Lipinski definition) is 0. The van der Waals surface area contributed by atoms with E-state index in [0.717, 1.165) is 37.0 Å². The summed E-state index contributed by atoms with van der Waals surface area (Å²) >= 11 is 6.03. The smallest absolute Gasteiger partial charge is 0.227 e. The Bertz CT molecular complexity index is 673. The van der Waals surface area contributed by atoms with Gasteiger partial charge in [-0.2, -0.15) is 0 Å². The fourth-order valence-electron chi connectivity index (χ4n) is 2.92. The van der Waals surface area contributed by atoms with Crippen molar-refractivity contribution in [3.63, 3.8) is 0 Å². The number of imidazole rings is 1. The molecule has 0 spiro atoms. The van der Waals surface area contributed by atoms with Crippen molar-refractivity contribution in [2.24, 2.45) is 14.1 Å². The number of ether oxygens (including phenoxy) is 1. The zero-order valence-corrected chi connectivity index (χ0v) is 14.1. The maximum atomic E-state index is 6.03. The second-order valence-corrected chi connectivity index (χ2v) is 6.36. The van der Waals surface area contributed by atoms with Crippen LogP contribution in [0.25, 0.3) is 0 Å². The van der Waals surface area contributed by atoms with Crippen LogP contribution in [0.1, 0.15) is 31.4 Å². The highest BCUT2D eigenvalue weighted by Crippen LogP contribution is 2.35. The Morgan fingerprint density at radius 3 is 2.73 bits per heavy atom. The Morgan fingerprint density at radius 1 is 1.36 bits per heavy atom. The molecule has 0 bridgehead atoms. The minimum Gasteiger partial charge on any atom is -0.367 e. The molecule has 2 aromatic heterocycles. The molecule has 0 aliphatic carbocycles. The van der Waals surface area contributed by atoms with Crippen molar-refractivity contribution in [3.8, 4) is 0 Å². The second kappa shape index (κ2) is 5.55. The average molecular weight is 325 g/mol. The molecule has 0 amide bonds. The molecule has 3 rings (SSSR count). The van der Waals surface area contributed by atoms with Gasteiger partial charge in [0.15, 0.2) is 5.82 Å². The van der Waals surface area contributed by atoms with Gasteiger partial charge in [-0.1, -0.05) is 11.6 Å². The van der Waals surface area contributed by atoms with Gasteiger partial charge in [0.25, 0.3) is 0 Å². The minimum absolute atomic E-state index is 0.340. The lowest BCUT2D eigenvalue weighted by Crippen LogP contribution is -2.27. The number of anilines is 1. The zero-order valence-electron chi connectivity index (χ0n) is 13.4. The fraction of sp³-hybridized carbons (Fsp3) is 0.643. The number of halogens is 1. The van der Waals surface area contributed by atoms with E-state index in [0.29, 0.717) is 11.7 Å². The Kier molecular flexibility index (Phi) is 3.86. The van der Waals surface area contributed by atoms with Crippen molar-refractivity contribution in [2.75, 3.05) is 18.6 Å². The molecular weight excluding hydrogens is 304 g/mol. The van der Waals surface area contributed by atoms with Gasteiger partial charge in [-0.25, -0.2) is 4.98 Å². The lowest BCUT2D eigenvalue weighted by Gasteiger charge is -2.23. The van der Waals surface area contributed by atoms with Gasteiger partial charge in [-0.05, 0) is 19.8 Å². The van der Waals surface area contributed by atoms with Crippen molar-refractivity contribution < 1.29 is 4.74 Å². The van der Waals surface area contributed by atoms with Crippen LogP contribution in [0.5, 0.6) is 0 Å². The van der Waals surface area contributed by atoms with Gasteiger partial charge in [0.1, 0.15) is 16.6 Å². The largest absolute Gasteiger partial charge is 0.367 e. The lowest BCUT2D eigenvalue weighted by molar-refractivity contribution is 0.00698. The molecule has 22 heavy (non-hydrogen) atoms. The molecule has 3 heterocycles. The molecule has 1 aliphatic rings. The third-order valence-electron chi connectivity index (χ3n) is 4.29. The molecule has 0 N–H and O–H groups in total. The van der Waals surface area contributed by atoms with Crippen LogP contribution in [0.2, 0.25) is 5.15 Å². The summed E-state index contributed by atoms with van der Waals surface area (Å²) in [5, 5.41) is 9.30. The molecule has 1 unspecified atom stereocenters. The van der Waals surface area contributed by atoms with Crippen LogP contribution in [0, 0.1) is 0 Å². The van der Waals surface area contributed by atoms with Crippen LogP contribution in [0.4, 0.5) is 5.95 Å². The lowest BCUT2D eigenvalue weighted by atomic mass is 10.0. The Labute approximate surface area is 134 Å². The van der Waals surface area contributed by atoms with E-state index in [1.807, 2.05) is 35.2 Å².